The van der Waals surface area contributed by atoms with Crippen LogP contribution in [0.4, 0.5) is 5.69 Å². The minimum absolute atomic E-state index is 0.0198. The van der Waals surface area contributed by atoms with Gasteiger partial charge in [0.1, 0.15) is 0 Å². The van der Waals surface area contributed by atoms with Gasteiger partial charge in [0.15, 0.2) is 0 Å². The minimum Gasteiger partial charge on any atom is -0.322 e. The van der Waals surface area contributed by atoms with Crippen molar-refractivity contribution in [3.63, 3.8) is 0 Å². The van der Waals surface area contributed by atoms with E-state index in [1.807, 2.05) is 6.92 Å². The van der Waals surface area contributed by atoms with Gasteiger partial charge in [0, 0.05) is 12.2 Å². The molecule has 1 amide bonds. The second-order valence-corrected chi connectivity index (χ2v) is 3.75. The van der Waals surface area contributed by atoms with Gasteiger partial charge < -0.3 is 10.6 Å². The van der Waals surface area contributed by atoms with Crippen molar-refractivity contribution in [3.8, 4) is 0 Å². The third-order valence-corrected chi connectivity index (χ3v) is 2.75. The summed E-state index contributed by atoms with van der Waals surface area (Å²) in [6.07, 6.45) is 0. The van der Waals surface area contributed by atoms with Crippen LogP contribution in [-0.4, -0.2) is 19.0 Å². The molecule has 0 fully saturated rings. The second-order valence-electron chi connectivity index (χ2n) is 2.94. The molecular weight excluding hydrogens is 235 g/mol. The van der Waals surface area contributed by atoms with Crippen molar-refractivity contribution in [1.29, 1.82) is 0 Å². The lowest BCUT2D eigenvalue weighted by Crippen LogP contribution is -2.35. The SMILES string of the molecule is CCN(C(=O)CN)c1ccc(Cl)c(Cl)c1. The Hall–Kier alpha value is -0.770. The summed E-state index contributed by atoms with van der Waals surface area (Å²) < 4.78 is 0. The molecule has 0 aromatic heterocycles. The Kier molecular flexibility index (Phi) is 4.39. The minimum atomic E-state index is -0.143. The summed E-state index contributed by atoms with van der Waals surface area (Å²) in [5, 5.41) is 0.897. The zero-order chi connectivity index (χ0) is 11.4. The van der Waals surface area contributed by atoms with Crippen LogP contribution >= 0.6 is 23.2 Å². The van der Waals surface area contributed by atoms with E-state index in [1.54, 1.807) is 23.1 Å². The number of halogens is 2. The van der Waals surface area contributed by atoms with E-state index in [9.17, 15) is 4.79 Å². The maximum Gasteiger partial charge on any atom is 0.240 e. The smallest absolute Gasteiger partial charge is 0.240 e. The molecule has 1 aromatic rings. The number of benzene rings is 1. The molecule has 5 heteroatoms. The fraction of sp³-hybridized carbons (Fsp3) is 0.300. The molecule has 0 heterocycles. The molecule has 0 aliphatic carbocycles. The van der Waals surface area contributed by atoms with Crippen LogP contribution in [-0.2, 0) is 4.79 Å². The zero-order valence-electron chi connectivity index (χ0n) is 8.34. The van der Waals surface area contributed by atoms with E-state index in [-0.39, 0.29) is 12.5 Å². The molecular formula is C10H12Cl2N2O. The van der Waals surface area contributed by atoms with Crippen molar-refractivity contribution in [1.82, 2.24) is 0 Å². The lowest BCUT2D eigenvalue weighted by molar-refractivity contribution is -0.117. The molecule has 1 aromatic carbocycles. The molecule has 0 atom stereocenters. The first kappa shape index (κ1) is 12.3. The molecule has 0 saturated heterocycles. The highest BCUT2D eigenvalue weighted by Crippen LogP contribution is 2.27. The quantitative estimate of drug-likeness (QED) is 0.890. The van der Waals surface area contributed by atoms with Crippen LogP contribution in [0.5, 0.6) is 0 Å². The van der Waals surface area contributed by atoms with Crippen molar-refractivity contribution >= 4 is 34.8 Å². The number of hydrogen-bond donors (Lipinski definition) is 1. The highest BCUT2D eigenvalue weighted by molar-refractivity contribution is 6.42. The summed E-state index contributed by atoms with van der Waals surface area (Å²) in [5.41, 5.74) is 6.01. The molecule has 0 aliphatic rings. The molecule has 1 rings (SSSR count). The van der Waals surface area contributed by atoms with Crippen molar-refractivity contribution in [2.75, 3.05) is 18.0 Å². The van der Waals surface area contributed by atoms with E-state index in [4.69, 9.17) is 28.9 Å². The van der Waals surface area contributed by atoms with Crippen LogP contribution in [0.1, 0.15) is 6.92 Å². The summed E-state index contributed by atoms with van der Waals surface area (Å²) in [4.78, 5) is 13.0. The maximum atomic E-state index is 11.5. The van der Waals surface area contributed by atoms with E-state index < -0.39 is 0 Å². The van der Waals surface area contributed by atoms with E-state index in [2.05, 4.69) is 0 Å². The highest BCUT2D eigenvalue weighted by Gasteiger charge is 2.12. The standard InChI is InChI=1S/C10H12Cl2N2O/c1-2-14(10(15)6-13)7-3-4-8(11)9(12)5-7/h3-5H,2,6,13H2,1H3. The third-order valence-electron chi connectivity index (χ3n) is 2.01. The first-order valence-electron chi connectivity index (χ1n) is 4.55. The Balaban J connectivity index is 3.02. The second kappa shape index (κ2) is 5.35. The first-order chi connectivity index (χ1) is 7.10. The summed E-state index contributed by atoms with van der Waals surface area (Å²) in [5.74, 6) is -0.143. The van der Waals surface area contributed by atoms with Gasteiger partial charge in [-0.2, -0.15) is 0 Å². The number of carbonyl (C=O) groups is 1. The fourth-order valence-electron chi connectivity index (χ4n) is 1.27. The molecule has 0 radical (unpaired) electrons. The Morgan fingerprint density at radius 3 is 2.53 bits per heavy atom. The van der Waals surface area contributed by atoms with Gasteiger partial charge in [-0.15, -0.1) is 0 Å². The summed E-state index contributed by atoms with van der Waals surface area (Å²) >= 11 is 11.6. The molecule has 0 unspecified atom stereocenters. The number of rotatable bonds is 3. The zero-order valence-corrected chi connectivity index (χ0v) is 9.85. The van der Waals surface area contributed by atoms with E-state index in [1.165, 1.54) is 0 Å². The Labute approximate surface area is 98.8 Å². The Morgan fingerprint density at radius 1 is 1.40 bits per heavy atom. The average molecular weight is 247 g/mol. The van der Waals surface area contributed by atoms with Crippen LogP contribution in [0.15, 0.2) is 18.2 Å². The first-order valence-corrected chi connectivity index (χ1v) is 5.31. The van der Waals surface area contributed by atoms with Gasteiger partial charge in [-0.3, -0.25) is 4.79 Å². The molecule has 3 nitrogen and oxygen atoms in total. The van der Waals surface area contributed by atoms with Crippen LogP contribution in [0.3, 0.4) is 0 Å². The van der Waals surface area contributed by atoms with E-state index in [0.29, 0.717) is 22.3 Å². The monoisotopic (exact) mass is 246 g/mol. The van der Waals surface area contributed by atoms with Crippen LogP contribution < -0.4 is 10.6 Å². The van der Waals surface area contributed by atoms with Gasteiger partial charge in [-0.25, -0.2) is 0 Å². The molecule has 0 bridgehead atoms. The van der Waals surface area contributed by atoms with Gasteiger partial charge in [0.25, 0.3) is 0 Å². The molecule has 0 spiro atoms. The molecule has 0 aliphatic heterocycles. The highest BCUT2D eigenvalue weighted by atomic mass is 35.5. The Bertz CT molecular complexity index is 368. The van der Waals surface area contributed by atoms with E-state index in [0.717, 1.165) is 0 Å². The molecule has 15 heavy (non-hydrogen) atoms. The summed E-state index contributed by atoms with van der Waals surface area (Å²) in [6.45, 7) is 2.40. The number of likely N-dealkylation sites (N-methyl/N-ethyl adjacent to an activating group) is 1. The predicted molar refractivity (Wildman–Crippen MR) is 63.5 cm³/mol. The lowest BCUT2D eigenvalue weighted by Gasteiger charge is -2.20. The Morgan fingerprint density at radius 2 is 2.07 bits per heavy atom. The number of carbonyl (C=O) groups excluding carboxylic acids is 1. The van der Waals surface area contributed by atoms with Gasteiger partial charge in [0.05, 0.1) is 16.6 Å². The molecule has 0 saturated carbocycles. The van der Waals surface area contributed by atoms with Crippen molar-refractivity contribution < 1.29 is 4.79 Å². The number of nitrogens with zero attached hydrogens (tertiary/aromatic N) is 1. The average Bonchev–Trinajstić information content (AvgIpc) is 2.24. The summed E-state index contributed by atoms with van der Waals surface area (Å²) in [6, 6.07) is 5.05. The molecule has 2 N–H and O–H groups in total. The predicted octanol–water partition coefficient (Wildman–Crippen LogP) is 2.31. The van der Waals surface area contributed by atoms with Crippen LogP contribution in [0.25, 0.3) is 0 Å². The normalized spacial score (nSPS) is 10.1. The van der Waals surface area contributed by atoms with Crippen molar-refractivity contribution in [2.24, 2.45) is 5.73 Å². The van der Waals surface area contributed by atoms with Gasteiger partial charge in [-0.05, 0) is 25.1 Å². The summed E-state index contributed by atoms with van der Waals surface area (Å²) in [7, 11) is 0. The fourth-order valence-corrected chi connectivity index (χ4v) is 1.56. The number of anilines is 1. The van der Waals surface area contributed by atoms with Crippen LogP contribution in [0, 0.1) is 0 Å². The van der Waals surface area contributed by atoms with Gasteiger partial charge in [-0.1, -0.05) is 23.2 Å². The van der Waals surface area contributed by atoms with Crippen LogP contribution in [0.2, 0.25) is 10.0 Å². The maximum absolute atomic E-state index is 11.5. The number of nitrogens with two attached hydrogens (primary N) is 1. The topological polar surface area (TPSA) is 46.3 Å². The van der Waals surface area contributed by atoms with E-state index >= 15 is 0 Å². The third kappa shape index (κ3) is 2.84. The van der Waals surface area contributed by atoms with Gasteiger partial charge in [0.2, 0.25) is 5.91 Å². The van der Waals surface area contributed by atoms with Crippen molar-refractivity contribution in [3.05, 3.63) is 28.2 Å². The lowest BCUT2D eigenvalue weighted by atomic mass is 10.3. The molecule has 82 valence electrons. The van der Waals surface area contributed by atoms with Crippen molar-refractivity contribution in [2.45, 2.75) is 6.92 Å². The number of amides is 1. The largest absolute Gasteiger partial charge is 0.322 e. The van der Waals surface area contributed by atoms with Gasteiger partial charge >= 0.3 is 0 Å². The number of hydrogen-bond acceptors (Lipinski definition) is 2.